The second-order valence-corrected chi connectivity index (χ2v) is 2.74. The predicted molar refractivity (Wildman–Crippen MR) is 52.2 cm³/mol. The zero-order valence-electron chi connectivity index (χ0n) is 8.00. The lowest BCUT2D eigenvalue weighted by Gasteiger charge is -2.03. The number of benzene rings is 1. The van der Waals surface area contributed by atoms with E-state index in [9.17, 15) is 4.79 Å². The molecule has 14 heavy (non-hydrogen) atoms. The third-order valence-corrected chi connectivity index (χ3v) is 1.71. The summed E-state index contributed by atoms with van der Waals surface area (Å²) in [5.74, 6) is 4.23. The van der Waals surface area contributed by atoms with Crippen molar-refractivity contribution in [3.05, 3.63) is 29.3 Å². The largest absolute Gasteiger partial charge is 0.496 e. The summed E-state index contributed by atoms with van der Waals surface area (Å²) in [4.78, 5) is 10.2. The van der Waals surface area contributed by atoms with E-state index >= 15 is 0 Å². The number of methoxy groups -OCH3 is 1. The minimum atomic E-state index is -1.13. The Kier molecular flexibility index (Phi) is 3.14. The summed E-state index contributed by atoms with van der Waals surface area (Å²) in [5, 5.41) is 8.35. The molecule has 0 aliphatic rings. The first kappa shape index (κ1) is 10.1. The number of rotatable bonds is 1. The smallest absolute Gasteiger partial charge is 0.382 e. The molecule has 0 aliphatic carbocycles. The van der Waals surface area contributed by atoms with Gasteiger partial charge in [-0.05, 0) is 30.7 Å². The monoisotopic (exact) mass is 190 g/mol. The van der Waals surface area contributed by atoms with Gasteiger partial charge in [0.15, 0.2) is 0 Å². The van der Waals surface area contributed by atoms with Gasteiger partial charge in [0.25, 0.3) is 0 Å². The van der Waals surface area contributed by atoms with E-state index in [4.69, 9.17) is 9.84 Å². The molecule has 0 spiro atoms. The van der Waals surface area contributed by atoms with Crippen molar-refractivity contribution < 1.29 is 14.6 Å². The van der Waals surface area contributed by atoms with E-state index in [0.717, 1.165) is 11.3 Å². The molecule has 1 N–H and O–H groups in total. The summed E-state index contributed by atoms with van der Waals surface area (Å²) in [6, 6.07) is 5.28. The fourth-order valence-corrected chi connectivity index (χ4v) is 1.08. The van der Waals surface area contributed by atoms with Crippen molar-refractivity contribution >= 4 is 5.97 Å². The molecule has 0 bridgehead atoms. The van der Waals surface area contributed by atoms with Crippen LogP contribution in [0.25, 0.3) is 0 Å². The number of carbonyl (C=O) groups is 1. The Labute approximate surface area is 82.3 Å². The van der Waals surface area contributed by atoms with Gasteiger partial charge in [-0.25, -0.2) is 4.79 Å². The first-order valence-electron chi connectivity index (χ1n) is 4.03. The number of hydrogen-bond acceptors (Lipinski definition) is 2. The normalized spacial score (nSPS) is 8.71. The van der Waals surface area contributed by atoms with Crippen molar-refractivity contribution in [2.45, 2.75) is 6.92 Å². The van der Waals surface area contributed by atoms with Crippen LogP contribution in [0.5, 0.6) is 5.75 Å². The molecule has 3 nitrogen and oxygen atoms in total. The standard InChI is InChI=1S/C11H10O3/c1-8-7-9(4-6-11(12)13)3-5-10(8)14-2/h3,5,7H,1-2H3,(H,12,13). The molecule has 3 heteroatoms. The van der Waals surface area contributed by atoms with Crippen LogP contribution in [0.3, 0.4) is 0 Å². The molecule has 0 saturated carbocycles. The molecular weight excluding hydrogens is 180 g/mol. The maximum Gasteiger partial charge on any atom is 0.382 e. The van der Waals surface area contributed by atoms with Crippen LogP contribution in [0.4, 0.5) is 0 Å². The maximum absolute atomic E-state index is 10.2. The Morgan fingerprint density at radius 3 is 2.71 bits per heavy atom. The van der Waals surface area contributed by atoms with E-state index in [0.29, 0.717) is 5.56 Å². The van der Waals surface area contributed by atoms with Crippen molar-refractivity contribution in [3.63, 3.8) is 0 Å². The lowest BCUT2D eigenvalue weighted by molar-refractivity contribution is -0.130. The molecule has 0 unspecified atom stereocenters. The molecule has 0 aliphatic heterocycles. The second kappa shape index (κ2) is 4.33. The molecule has 0 fully saturated rings. The lowest BCUT2D eigenvalue weighted by atomic mass is 10.1. The number of aryl methyl sites for hydroxylation is 1. The van der Waals surface area contributed by atoms with Crippen LogP contribution in [0.2, 0.25) is 0 Å². The van der Waals surface area contributed by atoms with Crippen molar-refractivity contribution in [3.8, 4) is 17.6 Å². The summed E-state index contributed by atoms with van der Waals surface area (Å²) in [5.41, 5.74) is 1.61. The summed E-state index contributed by atoms with van der Waals surface area (Å²) in [7, 11) is 1.59. The number of carboxylic acids is 1. The topological polar surface area (TPSA) is 46.5 Å². The molecule has 0 heterocycles. The summed E-state index contributed by atoms with van der Waals surface area (Å²) in [6.07, 6.45) is 0. The highest BCUT2D eigenvalue weighted by molar-refractivity contribution is 5.87. The van der Waals surface area contributed by atoms with Crippen molar-refractivity contribution in [1.82, 2.24) is 0 Å². The van der Waals surface area contributed by atoms with E-state index in [-0.39, 0.29) is 0 Å². The Morgan fingerprint density at radius 2 is 2.21 bits per heavy atom. The van der Waals surface area contributed by atoms with Crippen LogP contribution in [-0.2, 0) is 4.79 Å². The summed E-state index contributed by atoms with van der Waals surface area (Å²) in [6.45, 7) is 1.88. The Morgan fingerprint density at radius 1 is 1.50 bits per heavy atom. The first-order chi connectivity index (χ1) is 6.63. The number of hydrogen-bond donors (Lipinski definition) is 1. The molecule has 0 aromatic heterocycles. The third-order valence-electron chi connectivity index (χ3n) is 1.71. The molecule has 1 rings (SSSR count). The predicted octanol–water partition coefficient (Wildman–Crippen LogP) is 1.44. The van der Waals surface area contributed by atoms with Gasteiger partial charge in [-0.3, -0.25) is 0 Å². The fraction of sp³-hybridized carbons (Fsp3) is 0.182. The maximum atomic E-state index is 10.2. The second-order valence-electron chi connectivity index (χ2n) is 2.74. The van der Waals surface area contributed by atoms with Gasteiger partial charge in [0.1, 0.15) is 5.75 Å². The van der Waals surface area contributed by atoms with Gasteiger partial charge in [0, 0.05) is 11.5 Å². The third kappa shape index (κ3) is 2.53. The highest BCUT2D eigenvalue weighted by Crippen LogP contribution is 2.17. The average Bonchev–Trinajstić information content (AvgIpc) is 2.15. The van der Waals surface area contributed by atoms with Crippen LogP contribution in [-0.4, -0.2) is 18.2 Å². The number of aliphatic carboxylic acids is 1. The van der Waals surface area contributed by atoms with Gasteiger partial charge >= 0.3 is 5.97 Å². The summed E-state index contributed by atoms with van der Waals surface area (Å²) >= 11 is 0. The quantitative estimate of drug-likeness (QED) is 0.681. The van der Waals surface area contributed by atoms with Crippen LogP contribution in [0.1, 0.15) is 11.1 Å². The minimum absolute atomic E-state index is 0.672. The molecule has 72 valence electrons. The van der Waals surface area contributed by atoms with E-state index in [2.05, 4.69) is 11.8 Å². The molecule has 0 atom stereocenters. The van der Waals surface area contributed by atoms with Gasteiger partial charge < -0.3 is 9.84 Å². The zero-order chi connectivity index (χ0) is 10.6. The Bertz CT molecular complexity index is 410. The number of ether oxygens (including phenoxy) is 1. The summed E-state index contributed by atoms with van der Waals surface area (Å²) < 4.78 is 5.06. The van der Waals surface area contributed by atoms with E-state index in [1.165, 1.54) is 0 Å². The van der Waals surface area contributed by atoms with Crippen LogP contribution in [0, 0.1) is 18.8 Å². The van der Waals surface area contributed by atoms with E-state index < -0.39 is 5.97 Å². The van der Waals surface area contributed by atoms with Crippen LogP contribution >= 0.6 is 0 Å². The van der Waals surface area contributed by atoms with Gasteiger partial charge in [0.05, 0.1) is 7.11 Å². The Hall–Kier alpha value is -1.95. The zero-order valence-corrected chi connectivity index (χ0v) is 8.00. The van der Waals surface area contributed by atoms with E-state index in [1.807, 2.05) is 6.92 Å². The molecule has 0 amide bonds. The molecule has 0 radical (unpaired) electrons. The SMILES string of the molecule is COc1ccc(C#CC(=O)O)cc1C. The van der Waals surface area contributed by atoms with Gasteiger partial charge in [-0.15, -0.1) is 0 Å². The fourth-order valence-electron chi connectivity index (χ4n) is 1.08. The number of carboxylic acid groups (broad SMARTS) is 1. The molecule has 1 aromatic carbocycles. The van der Waals surface area contributed by atoms with E-state index in [1.54, 1.807) is 25.3 Å². The Balaban J connectivity index is 2.99. The van der Waals surface area contributed by atoms with Crippen molar-refractivity contribution in [2.24, 2.45) is 0 Å². The molecule has 1 aromatic rings. The highest BCUT2D eigenvalue weighted by atomic mass is 16.5. The molecular formula is C11H10O3. The molecule has 0 saturated heterocycles. The highest BCUT2D eigenvalue weighted by Gasteiger charge is 1.97. The average molecular weight is 190 g/mol. The van der Waals surface area contributed by atoms with Gasteiger partial charge in [0.2, 0.25) is 0 Å². The lowest BCUT2D eigenvalue weighted by Crippen LogP contribution is -1.89. The van der Waals surface area contributed by atoms with Crippen LogP contribution < -0.4 is 4.74 Å². The minimum Gasteiger partial charge on any atom is -0.496 e. The van der Waals surface area contributed by atoms with Crippen molar-refractivity contribution in [1.29, 1.82) is 0 Å². The van der Waals surface area contributed by atoms with Crippen molar-refractivity contribution in [2.75, 3.05) is 7.11 Å². The first-order valence-corrected chi connectivity index (χ1v) is 4.03. The van der Waals surface area contributed by atoms with Gasteiger partial charge in [-0.1, -0.05) is 5.92 Å². The van der Waals surface area contributed by atoms with Crippen LogP contribution in [0.15, 0.2) is 18.2 Å². The van der Waals surface area contributed by atoms with Gasteiger partial charge in [-0.2, -0.15) is 0 Å².